The van der Waals surface area contributed by atoms with Crippen LogP contribution in [-0.4, -0.2) is 0 Å². The van der Waals surface area contributed by atoms with E-state index in [4.69, 9.17) is 0 Å². The maximum atomic E-state index is 3.28. The zero-order chi connectivity index (χ0) is 23.1. The van der Waals surface area contributed by atoms with Gasteiger partial charge in [-0.3, -0.25) is 0 Å². The number of rotatable bonds is 0. The van der Waals surface area contributed by atoms with Gasteiger partial charge in [-0.25, -0.2) is 0 Å². The summed E-state index contributed by atoms with van der Waals surface area (Å²) in [6.07, 6.45) is 4.23. The van der Waals surface area contributed by atoms with Gasteiger partial charge in [0, 0.05) is 5.56 Å². The summed E-state index contributed by atoms with van der Waals surface area (Å²) in [6, 6.07) is 31.9. The molecule has 4 aromatic rings. The van der Waals surface area contributed by atoms with Crippen molar-refractivity contribution in [2.45, 2.75) is 39.5 Å². The summed E-state index contributed by atoms with van der Waals surface area (Å²) in [5.41, 5.74) is 16.4. The van der Waals surface area contributed by atoms with Crippen LogP contribution in [0, 0.1) is 18.8 Å². The second-order valence-corrected chi connectivity index (χ2v) is 9.47. The molecule has 164 valence electrons. The highest BCUT2D eigenvalue weighted by molar-refractivity contribution is 6.07. The van der Waals surface area contributed by atoms with E-state index in [0.717, 1.165) is 31.2 Å². The minimum atomic E-state index is 1.03. The Balaban J connectivity index is 1.78. The molecule has 0 N–H and O–H groups in total. The molecule has 0 heteroatoms. The SMILES string of the molecule is CC#Cc1ccc2c(c1)CCc1ccccc1/C2=C1/c2ccccc2CCc2cc(C)ccc21. The maximum absolute atomic E-state index is 3.28. The largest absolute Gasteiger partial charge is 0.101 e. The monoisotopic (exact) mass is 436 g/mol. The van der Waals surface area contributed by atoms with Crippen molar-refractivity contribution >= 4 is 11.1 Å². The second kappa shape index (κ2) is 8.51. The fourth-order valence-corrected chi connectivity index (χ4v) is 5.77. The first-order valence-corrected chi connectivity index (χ1v) is 12.3. The zero-order valence-corrected chi connectivity index (χ0v) is 19.9. The molecule has 0 saturated heterocycles. The van der Waals surface area contributed by atoms with Gasteiger partial charge in [-0.15, -0.1) is 5.92 Å². The molecule has 0 atom stereocenters. The molecule has 0 spiro atoms. The molecule has 0 aromatic heterocycles. The molecule has 0 unspecified atom stereocenters. The van der Waals surface area contributed by atoms with Crippen molar-refractivity contribution in [3.8, 4) is 11.8 Å². The van der Waals surface area contributed by atoms with E-state index in [1.54, 1.807) is 0 Å². The molecule has 2 aliphatic rings. The van der Waals surface area contributed by atoms with E-state index < -0.39 is 0 Å². The molecule has 0 amide bonds. The summed E-state index contributed by atoms with van der Waals surface area (Å²) >= 11 is 0. The van der Waals surface area contributed by atoms with Crippen molar-refractivity contribution in [1.29, 1.82) is 0 Å². The third-order valence-corrected chi connectivity index (χ3v) is 7.32. The van der Waals surface area contributed by atoms with Crippen molar-refractivity contribution < 1.29 is 0 Å². The second-order valence-electron chi connectivity index (χ2n) is 9.47. The zero-order valence-electron chi connectivity index (χ0n) is 19.9. The lowest BCUT2D eigenvalue weighted by Crippen LogP contribution is -2.01. The van der Waals surface area contributed by atoms with Crippen LogP contribution in [0.5, 0.6) is 0 Å². The average molecular weight is 437 g/mol. The molecule has 0 heterocycles. The molecule has 0 saturated carbocycles. The molecule has 0 fully saturated rings. The lowest BCUT2D eigenvalue weighted by molar-refractivity contribution is 0.963. The van der Waals surface area contributed by atoms with E-state index >= 15 is 0 Å². The predicted octanol–water partition coefficient (Wildman–Crippen LogP) is 7.57. The van der Waals surface area contributed by atoms with Crippen LogP contribution < -0.4 is 0 Å². The van der Waals surface area contributed by atoms with Crippen molar-refractivity contribution in [1.82, 2.24) is 0 Å². The normalized spacial score (nSPS) is 16.1. The van der Waals surface area contributed by atoms with Crippen LogP contribution in [0.1, 0.15) is 62.6 Å². The van der Waals surface area contributed by atoms with Crippen LogP contribution in [0.4, 0.5) is 0 Å². The Labute approximate surface area is 203 Å². The highest BCUT2D eigenvalue weighted by atomic mass is 14.3. The van der Waals surface area contributed by atoms with E-state index in [2.05, 4.69) is 104 Å². The summed E-state index contributed by atoms with van der Waals surface area (Å²) in [6.45, 7) is 4.12. The van der Waals surface area contributed by atoms with Gasteiger partial charge in [0.2, 0.25) is 0 Å². The first kappa shape index (κ1) is 20.8. The Morgan fingerprint density at radius 3 is 1.65 bits per heavy atom. The highest BCUT2D eigenvalue weighted by Crippen LogP contribution is 2.44. The molecular weight excluding hydrogens is 408 g/mol. The van der Waals surface area contributed by atoms with Crippen molar-refractivity contribution in [3.05, 3.63) is 141 Å². The Kier molecular flexibility index (Phi) is 5.20. The van der Waals surface area contributed by atoms with Gasteiger partial charge in [-0.1, -0.05) is 84.3 Å². The fraction of sp³-hybridized carbons (Fsp3) is 0.176. The molecule has 34 heavy (non-hydrogen) atoms. The van der Waals surface area contributed by atoms with Crippen LogP contribution in [0.2, 0.25) is 0 Å². The van der Waals surface area contributed by atoms with Gasteiger partial charge < -0.3 is 0 Å². The molecule has 4 aromatic carbocycles. The molecule has 6 rings (SSSR count). The Hall–Kier alpha value is -3.82. The standard InChI is InChI=1S/C34H28/c1-3-8-24-14-20-32-28(22-24)18-16-26-10-5-7-12-30(26)34(32)33-29-11-6-4-9-25(29)15-17-27-21-23(2)13-19-31(27)33/h4-7,9-14,19-22H,15-18H2,1-2H3/b34-33+. The summed E-state index contributed by atoms with van der Waals surface area (Å²) < 4.78 is 0. The van der Waals surface area contributed by atoms with E-state index in [1.807, 2.05) is 6.92 Å². The summed E-state index contributed by atoms with van der Waals surface area (Å²) in [7, 11) is 0. The van der Waals surface area contributed by atoms with E-state index in [1.165, 1.54) is 61.2 Å². The van der Waals surface area contributed by atoms with Crippen molar-refractivity contribution in [2.75, 3.05) is 0 Å². The van der Waals surface area contributed by atoms with Gasteiger partial charge in [-0.05, 0) is 107 Å². The van der Waals surface area contributed by atoms with Crippen LogP contribution in [0.25, 0.3) is 11.1 Å². The lowest BCUT2D eigenvalue weighted by atomic mass is 9.82. The number of aryl methyl sites for hydroxylation is 5. The fourth-order valence-electron chi connectivity index (χ4n) is 5.77. The molecule has 0 radical (unpaired) electrons. The average Bonchev–Trinajstić information content (AvgIpc) is 3.12. The molecule has 0 bridgehead atoms. The maximum Gasteiger partial charge on any atom is 0.0248 e. The van der Waals surface area contributed by atoms with Crippen molar-refractivity contribution in [2.24, 2.45) is 0 Å². The number of hydrogen-bond acceptors (Lipinski definition) is 0. The van der Waals surface area contributed by atoms with Crippen LogP contribution in [0.15, 0.2) is 84.9 Å². The smallest absolute Gasteiger partial charge is 0.0248 e. The summed E-state index contributed by atoms with van der Waals surface area (Å²) in [4.78, 5) is 0. The quantitative estimate of drug-likeness (QED) is 0.249. The summed E-state index contributed by atoms with van der Waals surface area (Å²) in [5.74, 6) is 6.35. The minimum absolute atomic E-state index is 1.03. The van der Waals surface area contributed by atoms with E-state index in [0.29, 0.717) is 0 Å². The van der Waals surface area contributed by atoms with Crippen LogP contribution in [-0.2, 0) is 25.7 Å². The van der Waals surface area contributed by atoms with Gasteiger partial charge >= 0.3 is 0 Å². The lowest BCUT2D eigenvalue weighted by Gasteiger charge is -2.21. The van der Waals surface area contributed by atoms with Crippen molar-refractivity contribution in [3.63, 3.8) is 0 Å². The topological polar surface area (TPSA) is 0 Å². The number of hydrogen-bond donors (Lipinski definition) is 0. The Morgan fingerprint density at radius 1 is 0.529 bits per heavy atom. The third-order valence-electron chi connectivity index (χ3n) is 7.32. The van der Waals surface area contributed by atoms with Gasteiger partial charge in [0.25, 0.3) is 0 Å². The van der Waals surface area contributed by atoms with Gasteiger partial charge in [-0.2, -0.15) is 0 Å². The first-order chi connectivity index (χ1) is 16.7. The highest BCUT2D eigenvalue weighted by Gasteiger charge is 2.27. The van der Waals surface area contributed by atoms with Gasteiger partial charge in [0.15, 0.2) is 0 Å². The number of benzene rings is 4. The predicted molar refractivity (Wildman–Crippen MR) is 143 cm³/mol. The van der Waals surface area contributed by atoms with Crippen LogP contribution in [0.3, 0.4) is 0 Å². The van der Waals surface area contributed by atoms with Crippen LogP contribution >= 0.6 is 0 Å². The number of fused-ring (bicyclic) bond motifs is 4. The van der Waals surface area contributed by atoms with Gasteiger partial charge in [0.05, 0.1) is 0 Å². The Morgan fingerprint density at radius 2 is 1.03 bits per heavy atom. The molecule has 0 nitrogen and oxygen atoms in total. The third kappa shape index (κ3) is 3.49. The first-order valence-electron chi connectivity index (χ1n) is 12.3. The molecule has 2 aliphatic carbocycles. The summed E-state index contributed by atoms with van der Waals surface area (Å²) in [5, 5.41) is 0. The van der Waals surface area contributed by atoms with E-state index in [-0.39, 0.29) is 0 Å². The minimum Gasteiger partial charge on any atom is -0.101 e. The molecule has 0 aliphatic heterocycles. The van der Waals surface area contributed by atoms with E-state index in [9.17, 15) is 0 Å². The Bertz CT molecular complexity index is 1520. The molecular formula is C34H28. The van der Waals surface area contributed by atoms with Gasteiger partial charge in [0.1, 0.15) is 0 Å².